The molecule has 1 heterocycles. The summed E-state index contributed by atoms with van der Waals surface area (Å²) in [4.78, 5) is 8.54. The number of aryl methyl sites for hydroxylation is 1. The van der Waals surface area contributed by atoms with Gasteiger partial charge in [-0.2, -0.15) is 4.98 Å². The predicted molar refractivity (Wildman–Crippen MR) is 59.2 cm³/mol. The minimum atomic E-state index is 0.591. The summed E-state index contributed by atoms with van der Waals surface area (Å²) in [6.45, 7) is 4.48. The van der Waals surface area contributed by atoms with Gasteiger partial charge in [0.25, 0.3) is 0 Å². The maximum atomic E-state index is 5.37. The van der Waals surface area contributed by atoms with Crippen molar-refractivity contribution in [1.82, 2.24) is 9.97 Å². The second-order valence-electron chi connectivity index (χ2n) is 3.84. The van der Waals surface area contributed by atoms with Crippen LogP contribution in [0, 0.1) is 6.92 Å². The Labute approximate surface area is 90.1 Å². The van der Waals surface area contributed by atoms with Crippen molar-refractivity contribution in [3.63, 3.8) is 0 Å². The molecule has 82 valence electrons. The lowest BCUT2D eigenvalue weighted by Crippen LogP contribution is -2.27. The largest absolute Gasteiger partial charge is 0.478 e. The highest BCUT2D eigenvalue weighted by molar-refractivity contribution is 5.39. The van der Waals surface area contributed by atoms with Gasteiger partial charge in [0.05, 0.1) is 6.61 Å². The molecule has 1 fully saturated rings. The number of hydrogen-bond acceptors (Lipinski definition) is 4. The standard InChI is InChI=1S/C11H17N3O/c1-3-15-11-7-10(12-8(2)13-11)14-9-5-4-6-9/h7,9H,3-6H2,1-2H3,(H,12,13,14). The van der Waals surface area contributed by atoms with Gasteiger partial charge in [-0.15, -0.1) is 0 Å². The molecule has 0 radical (unpaired) electrons. The number of ether oxygens (including phenoxy) is 1. The van der Waals surface area contributed by atoms with Gasteiger partial charge in [-0.05, 0) is 33.1 Å². The Hall–Kier alpha value is -1.32. The van der Waals surface area contributed by atoms with Crippen LogP contribution in [0.25, 0.3) is 0 Å². The highest BCUT2D eigenvalue weighted by Gasteiger charge is 2.17. The van der Waals surface area contributed by atoms with Gasteiger partial charge in [0.2, 0.25) is 5.88 Å². The first-order chi connectivity index (χ1) is 7.28. The Morgan fingerprint density at radius 2 is 2.27 bits per heavy atom. The van der Waals surface area contributed by atoms with Crippen molar-refractivity contribution < 1.29 is 4.74 Å². The number of nitrogens with one attached hydrogen (secondary N) is 1. The van der Waals surface area contributed by atoms with Gasteiger partial charge >= 0.3 is 0 Å². The third-order valence-electron chi connectivity index (χ3n) is 2.56. The van der Waals surface area contributed by atoms with E-state index in [4.69, 9.17) is 4.74 Å². The van der Waals surface area contributed by atoms with E-state index in [0.717, 1.165) is 11.6 Å². The van der Waals surface area contributed by atoms with Gasteiger partial charge < -0.3 is 10.1 Å². The van der Waals surface area contributed by atoms with E-state index in [1.165, 1.54) is 19.3 Å². The molecule has 0 unspecified atom stereocenters. The van der Waals surface area contributed by atoms with E-state index in [-0.39, 0.29) is 0 Å². The lowest BCUT2D eigenvalue weighted by molar-refractivity contribution is 0.325. The second-order valence-corrected chi connectivity index (χ2v) is 3.84. The second kappa shape index (κ2) is 4.47. The minimum Gasteiger partial charge on any atom is -0.478 e. The van der Waals surface area contributed by atoms with Crippen molar-refractivity contribution in [2.24, 2.45) is 0 Å². The first kappa shape index (κ1) is 10.2. The van der Waals surface area contributed by atoms with Crippen LogP contribution in [0.4, 0.5) is 5.82 Å². The third-order valence-corrected chi connectivity index (χ3v) is 2.56. The summed E-state index contributed by atoms with van der Waals surface area (Å²) in [6, 6.07) is 2.46. The maximum absolute atomic E-state index is 5.37. The maximum Gasteiger partial charge on any atom is 0.218 e. The normalized spacial score (nSPS) is 15.9. The molecule has 1 aliphatic carbocycles. The zero-order valence-electron chi connectivity index (χ0n) is 9.29. The molecule has 2 rings (SSSR count). The number of rotatable bonds is 4. The molecule has 15 heavy (non-hydrogen) atoms. The fourth-order valence-electron chi connectivity index (χ4n) is 1.60. The Morgan fingerprint density at radius 1 is 1.47 bits per heavy atom. The van der Waals surface area contributed by atoms with Gasteiger partial charge in [-0.3, -0.25) is 0 Å². The summed E-state index contributed by atoms with van der Waals surface area (Å²) in [5.74, 6) is 2.30. The van der Waals surface area contributed by atoms with Crippen LogP contribution in [-0.4, -0.2) is 22.6 Å². The molecule has 0 atom stereocenters. The van der Waals surface area contributed by atoms with Gasteiger partial charge in [0.1, 0.15) is 11.6 Å². The van der Waals surface area contributed by atoms with Gasteiger partial charge in [-0.1, -0.05) is 0 Å². The van der Waals surface area contributed by atoms with Crippen molar-refractivity contribution in [1.29, 1.82) is 0 Å². The molecule has 0 spiro atoms. The molecule has 4 nitrogen and oxygen atoms in total. The highest BCUT2D eigenvalue weighted by atomic mass is 16.5. The summed E-state index contributed by atoms with van der Waals surface area (Å²) in [7, 11) is 0. The molecule has 1 N–H and O–H groups in total. The van der Waals surface area contributed by atoms with Crippen LogP contribution in [0.2, 0.25) is 0 Å². The van der Waals surface area contributed by atoms with Crippen molar-refractivity contribution in [3.05, 3.63) is 11.9 Å². The van der Waals surface area contributed by atoms with E-state index < -0.39 is 0 Å². The summed E-state index contributed by atoms with van der Waals surface area (Å²) >= 11 is 0. The lowest BCUT2D eigenvalue weighted by Gasteiger charge is -2.27. The van der Waals surface area contributed by atoms with E-state index in [2.05, 4.69) is 15.3 Å². The summed E-state index contributed by atoms with van der Waals surface area (Å²) in [5, 5.41) is 3.39. The van der Waals surface area contributed by atoms with E-state index in [9.17, 15) is 0 Å². The van der Waals surface area contributed by atoms with Crippen LogP contribution >= 0.6 is 0 Å². The van der Waals surface area contributed by atoms with E-state index in [1.807, 2.05) is 19.9 Å². The molecule has 0 saturated heterocycles. The van der Waals surface area contributed by atoms with Crippen LogP contribution < -0.4 is 10.1 Å². The number of hydrogen-bond donors (Lipinski definition) is 1. The third kappa shape index (κ3) is 2.58. The topological polar surface area (TPSA) is 47.0 Å². The van der Waals surface area contributed by atoms with Crippen molar-refractivity contribution >= 4 is 5.82 Å². The van der Waals surface area contributed by atoms with Gasteiger partial charge in [-0.25, -0.2) is 4.98 Å². The van der Waals surface area contributed by atoms with Gasteiger partial charge in [0.15, 0.2) is 0 Å². The van der Waals surface area contributed by atoms with Crippen LogP contribution in [0.1, 0.15) is 32.0 Å². The van der Waals surface area contributed by atoms with Crippen molar-refractivity contribution in [2.75, 3.05) is 11.9 Å². The molecule has 1 aromatic heterocycles. The molecule has 0 bridgehead atoms. The Bertz CT molecular complexity index is 337. The molecule has 1 aromatic rings. The van der Waals surface area contributed by atoms with E-state index in [0.29, 0.717) is 18.5 Å². The molecular weight excluding hydrogens is 190 g/mol. The van der Waals surface area contributed by atoms with Crippen LogP contribution in [-0.2, 0) is 0 Å². The van der Waals surface area contributed by atoms with Crippen LogP contribution in [0.5, 0.6) is 5.88 Å². The average Bonchev–Trinajstić information content (AvgIpc) is 2.11. The molecule has 4 heteroatoms. The summed E-state index contributed by atoms with van der Waals surface area (Å²) < 4.78 is 5.37. The smallest absolute Gasteiger partial charge is 0.218 e. The molecular formula is C11H17N3O. The SMILES string of the molecule is CCOc1cc(NC2CCC2)nc(C)n1. The average molecular weight is 207 g/mol. The number of nitrogens with zero attached hydrogens (tertiary/aromatic N) is 2. The van der Waals surface area contributed by atoms with Crippen LogP contribution in [0.3, 0.4) is 0 Å². The fraction of sp³-hybridized carbons (Fsp3) is 0.636. The van der Waals surface area contributed by atoms with E-state index in [1.54, 1.807) is 0 Å². The Morgan fingerprint density at radius 3 is 2.87 bits per heavy atom. The molecule has 0 aliphatic heterocycles. The molecule has 0 amide bonds. The first-order valence-electron chi connectivity index (χ1n) is 5.53. The highest BCUT2D eigenvalue weighted by Crippen LogP contribution is 2.23. The fourth-order valence-corrected chi connectivity index (χ4v) is 1.60. The number of aromatic nitrogens is 2. The minimum absolute atomic E-state index is 0.591. The van der Waals surface area contributed by atoms with Crippen LogP contribution in [0.15, 0.2) is 6.07 Å². The number of anilines is 1. The van der Waals surface area contributed by atoms with Crippen molar-refractivity contribution in [3.8, 4) is 5.88 Å². The van der Waals surface area contributed by atoms with Gasteiger partial charge in [0, 0.05) is 12.1 Å². The predicted octanol–water partition coefficient (Wildman–Crippen LogP) is 2.15. The monoisotopic (exact) mass is 207 g/mol. The zero-order valence-corrected chi connectivity index (χ0v) is 9.29. The quantitative estimate of drug-likeness (QED) is 0.821. The Kier molecular flexibility index (Phi) is 3.04. The Balaban J connectivity index is 2.07. The first-order valence-corrected chi connectivity index (χ1v) is 5.53. The van der Waals surface area contributed by atoms with Crippen molar-refractivity contribution in [2.45, 2.75) is 39.2 Å². The summed E-state index contributed by atoms with van der Waals surface area (Å²) in [6.07, 6.45) is 3.81. The molecule has 0 aromatic carbocycles. The molecule has 1 aliphatic rings. The summed E-state index contributed by atoms with van der Waals surface area (Å²) in [5.41, 5.74) is 0. The zero-order chi connectivity index (χ0) is 10.7. The van der Waals surface area contributed by atoms with E-state index >= 15 is 0 Å². The molecule has 1 saturated carbocycles. The lowest BCUT2D eigenvalue weighted by atomic mass is 9.93.